The van der Waals surface area contributed by atoms with Gasteiger partial charge in [0.2, 0.25) is 0 Å². The van der Waals surface area contributed by atoms with Crippen molar-refractivity contribution in [3.8, 4) is 0 Å². The lowest BCUT2D eigenvalue weighted by atomic mass is 9.47. The summed E-state index contributed by atoms with van der Waals surface area (Å²) >= 11 is 0. The Morgan fingerprint density at radius 3 is 2.20 bits per heavy atom. The molecule has 4 aliphatic rings. The van der Waals surface area contributed by atoms with E-state index in [0.717, 1.165) is 67.8 Å². The first-order chi connectivity index (χ1) is 28.5. The fraction of sp³-hybridized carbons (Fsp3) is 0.873. The lowest BCUT2D eigenvalue weighted by Gasteiger charge is -2.58. The number of ether oxygens (including phenoxy) is 3. The molecule has 1 unspecified atom stereocenters. The number of rotatable bonds is 31. The van der Waals surface area contributed by atoms with Crippen LogP contribution in [0.25, 0.3) is 0 Å². The summed E-state index contributed by atoms with van der Waals surface area (Å²) in [6.07, 6.45) is 43.1. The molecule has 0 N–H and O–H groups in total. The molecule has 340 valence electrons. The highest BCUT2D eigenvalue weighted by molar-refractivity contribution is 5.78. The molecule has 4 aliphatic carbocycles. The molecular formula is C55H96O4. The van der Waals surface area contributed by atoms with Crippen LogP contribution >= 0.6 is 0 Å². The van der Waals surface area contributed by atoms with Crippen LogP contribution in [0.15, 0.2) is 36.0 Å². The van der Waals surface area contributed by atoms with Crippen LogP contribution in [0, 0.1) is 52.3 Å². The topological polar surface area (TPSA) is 44.8 Å². The van der Waals surface area contributed by atoms with E-state index in [1.807, 2.05) is 0 Å². The molecule has 4 nitrogen and oxygen atoms in total. The number of hydrogen-bond donors (Lipinski definition) is 0. The number of ketones is 1. The smallest absolute Gasteiger partial charge is 0.137 e. The van der Waals surface area contributed by atoms with Crippen LogP contribution in [0.5, 0.6) is 0 Å². The highest BCUT2D eigenvalue weighted by Gasteiger charge is 2.59. The molecule has 4 heteroatoms. The van der Waals surface area contributed by atoms with Crippen molar-refractivity contribution in [2.45, 2.75) is 228 Å². The zero-order valence-corrected chi connectivity index (χ0v) is 40.2. The third-order valence-electron chi connectivity index (χ3n) is 16.2. The average molecular weight is 821 g/mol. The zero-order valence-electron chi connectivity index (χ0n) is 40.2. The number of carbonyl (C=O) groups is 1. The van der Waals surface area contributed by atoms with Crippen LogP contribution in [-0.2, 0) is 19.0 Å². The normalized spacial score (nSPS) is 29.3. The van der Waals surface area contributed by atoms with E-state index in [1.165, 1.54) is 122 Å². The third-order valence-corrected chi connectivity index (χ3v) is 16.2. The maximum Gasteiger partial charge on any atom is 0.137 e. The molecule has 0 amide bonds. The predicted molar refractivity (Wildman–Crippen MR) is 252 cm³/mol. The van der Waals surface area contributed by atoms with Crippen LogP contribution in [0.4, 0.5) is 0 Å². The quantitative estimate of drug-likeness (QED) is 0.0516. The Hall–Kier alpha value is -1.23. The molecule has 59 heavy (non-hydrogen) atoms. The molecule has 0 aromatic heterocycles. The first kappa shape index (κ1) is 50.4. The number of allylic oxidation sites excluding steroid dienone is 5. The van der Waals surface area contributed by atoms with Gasteiger partial charge in [-0.05, 0) is 142 Å². The molecule has 0 aromatic carbocycles. The third kappa shape index (κ3) is 16.1. The van der Waals surface area contributed by atoms with Crippen molar-refractivity contribution in [2.24, 2.45) is 52.3 Å². The van der Waals surface area contributed by atoms with Crippen LogP contribution in [-0.4, -0.2) is 44.4 Å². The van der Waals surface area contributed by atoms with Crippen molar-refractivity contribution in [3.63, 3.8) is 0 Å². The van der Waals surface area contributed by atoms with Crippen molar-refractivity contribution < 1.29 is 19.0 Å². The van der Waals surface area contributed by atoms with Gasteiger partial charge in [0.1, 0.15) is 5.78 Å². The second-order valence-corrected chi connectivity index (χ2v) is 21.4. The maximum atomic E-state index is 12.9. The highest BCUT2D eigenvalue weighted by atomic mass is 16.5. The molecule has 0 heterocycles. The van der Waals surface area contributed by atoms with E-state index >= 15 is 0 Å². The molecule has 9 atom stereocenters. The monoisotopic (exact) mass is 821 g/mol. The largest absolute Gasteiger partial charge is 0.379 e. The minimum Gasteiger partial charge on any atom is -0.379 e. The summed E-state index contributed by atoms with van der Waals surface area (Å²) in [4.78, 5) is 12.9. The summed E-state index contributed by atoms with van der Waals surface area (Å²) in [7, 11) is 0. The number of unbranched alkanes of at least 4 members (excludes halogenated alkanes) is 9. The maximum absolute atomic E-state index is 12.9. The summed E-state index contributed by atoms with van der Waals surface area (Å²) in [6, 6.07) is 0. The van der Waals surface area contributed by atoms with Gasteiger partial charge < -0.3 is 14.2 Å². The van der Waals surface area contributed by atoms with Gasteiger partial charge in [-0.1, -0.05) is 149 Å². The number of Topliss-reactive ketones (excluding diaryl/α,β-unsaturated/α-hetero) is 1. The Labute approximate surface area is 366 Å². The number of hydrogen-bond acceptors (Lipinski definition) is 4. The van der Waals surface area contributed by atoms with Gasteiger partial charge in [-0.15, -0.1) is 0 Å². The molecule has 4 rings (SSSR count). The lowest BCUT2D eigenvalue weighted by molar-refractivity contribution is -0.123. The van der Waals surface area contributed by atoms with Crippen molar-refractivity contribution in [1.29, 1.82) is 0 Å². The van der Waals surface area contributed by atoms with Gasteiger partial charge in [-0.2, -0.15) is 0 Å². The first-order valence-electron chi connectivity index (χ1n) is 25.8. The van der Waals surface area contributed by atoms with E-state index in [2.05, 4.69) is 85.8 Å². The van der Waals surface area contributed by atoms with E-state index in [1.54, 1.807) is 5.57 Å². The Morgan fingerprint density at radius 1 is 0.763 bits per heavy atom. The molecule has 0 spiro atoms. The van der Waals surface area contributed by atoms with Crippen molar-refractivity contribution in [2.75, 3.05) is 26.4 Å². The Morgan fingerprint density at radius 2 is 1.47 bits per heavy atom. The molecule has 0 aromatic rings. The van der Waals surface area contributed by atoms with Gasteiger partial charge in [0.05, 0.1) is 32.0 Å². The average Bonchev–Trinajstić information content (AvgIpc) is 3.57. The predicted octanol–water partition coefficient (Wildman–Crippen LogP) is 15.6. The van der Waals surface area contributed by atoms with Gasteiger partial charge in [0, 0.05) is 19.4 Å². The Bertz CT molecular complexity index is 1250. The van der Waals surface area contributed by atoms with Crippen LogP contribution in [0.3, 0.4) is 0 Å². The molecule has 0 aliphatic heterocycles. The molecular weight excluding hydrogens is 725 g/mol. The molecule has 0 saturated heterocycles. The molecule has 0 radical (unpaired) electrons. The second-order valence-electron chi connectivity index (χ2n) is 21.4. The molecule has 3 saturated carbocycles. The van der Waals surface area contributed by atoms with Gasteiger partial charge in [0.15, 0.2) is 0 Å². The van der Waals surface area contributed by atoms with Gasteiger partial charge in [0.25, 0.3) is 0 Å². The summed E-state index contributed by atoms with van der Waals surface area (Å²) < 4.78 is 18.7. The van der Waals surface area contributed by atoms with Gasteiger partial charge in [-0.25, -0.2) is 0 Å². The molecule has 3 fully saturated rings. The van der Waals surface area contributed by atoms with E-state index in [4.69, 9.17) is 14.2 Å². The lowest BCUT2D eigenvalue weighted by Crippen LogP contribution is -2.51. The summed E-state index contributed by atoms with van der Waals surface area (Å²) in [5, 5.41) is 0. The minimum absolute atomic E-state index is 0.0414. The van der Waals surface area contributed by atoms with Gasteiger partial charge >= 0.3 is 0 Å². The fourth-order valence-corrected chi connectivity index (χ4v) is 12.4. The highest BCUT2D eigenvalue weighted by Crippen LogP contribution is 2.67. The van der Waals surface area contributed by atoms with E-state index in [9.17, 15) is 4.79 Å². The summed E-state index contributed by atoms with van der Waals surface area (Å²) in [5.74, 6) is 5.86. The van der Waals surface area contributed by atoms with Crippen LogP contribution < -0.4 is 0 Å². The van der Waals surface area contributed by atoms with Gasteiger partial charge in [-0.3, -0.25) is 4.79 Å². The number of carbonyl (C=O) groups excluding carboxylic acids is 1. The van der Waals surface area contributed by atoms with E-state index in [-0.39, 0.29) is 18.0 Å². The van der Waals surface area contributed by atoms with E-state index in [0.29, 0.717) is 49.4 Å². The first-order valence-corrected chi connectivity index (χ1v) is 25.8. The Balaban J connectivity index is 1.03. The second kappa shape index (κ2) is 27.1. The zero-order chi connectivity index (χ0) is 42.5. The fourth-order valence-electron chi connectivity index (χ4n) is 12.4. The van der Waals surface area contributed by atoms with Crippen LogP contribution in [0.1, 0.15) is 216 Å². The SMILES string of the molecule is CCCCC/C=C\C/C=C\CCCCCCCCOCC(OCCC(=O)CCO[C@H]1CC[C@@]2(C)C(=CC[C@H]3[C@@H]4CC[C@H]([C@H](C)CCCC(C)C)[C@@]4(C)CC[C@@H]32)C1)C(C)C. The van der Waals surface area contributed by atoms with Crippen molar-refractivity contribution >= 4 is 5.78 Å². The van der Waals surface area contributed by atoms with Crippen molar-refractivity contribution in [1.82, 2.24) is 0 Å². The standard InChI is InChI=1S/C55H96O4/c1-9-10-11-12-13-14-15-16-17-18-19-20-21-22-23-24-38-57-42-53(44(4)5)59-40-35-47(56)34-39-58-48-32-36-54(7)46(41-48)28-29-49-51-31-30-50(45(6)27-25-26-43(2)3)55(51,8)37-33-52(49)54/h13-14,16-17,28,43-45,48-53H,9-12,15,18-27,29-42H2,1-8H3/b14-13-,17-16-/t45-,48+,49+,50-,51+,52+,53?,54+,55-/m1/s1. The number of fused-ring (bicyclic) bond motifs is 5. The minimum atomic E-state index is 0.0414. The van der Waals surface area contributed by atoms with E-state index < -0.39 is 0 Å². The Kier molecular flexibility index (Phi) is 23.1. The molecule has 0 bridgehead atoms. The summed E-state index contributed by atoms with van der Waals surface area (Å²) in [6.45, 7) is 21.7. The van der Waals surface area contributed by atoms with Crippen molar-refractivity contribution in [3.05, 3.63) is 36.0 Å². The summed E-state index contributed by atoms with van der Waals surface area (Å²) in [5.41, 5.74) is 2.57. The van der Waals surface area contributed by atoms with Crippen LogP contribution in [0.2, 0.25) is 0 Å².